The Bertz CT molecular complexity index is 330. The van der Waals surface area contributed by atoms with Crippen LogP contribution in [0.2, 0.25) is 0 Å². The van der Waals surface area contributed by atoms with Gasteiger partial charge in [0.2, 0.25) is 0 Å². The Labute approximate surface area is 97.1 Å². The smallest absolute Gasteiger partial charge is 0.321 e. The minimum atomic E-state index is -1.05. The minimum absolute atomic E-state index is 0.298. The molecule has 0 aliphatic heterocycles. The number of nitrogens with zero attached hydrogens (tertiary/aromatic N) is 1. The van der Waals surface area contributed by atoms with Crippen molar-refractivity contribution in [1.29, 1.82) is 5.26 Å². The van der Waals surface area contributed by atoms with Gasteiger partial charge in [-0.1, -0.05) is 23.3 Å². The van der Waals surface area contributed by atoms with Gasteiger partial charge in [-0.05, 0) is 40.0 Å². The van der Waals surface area contributed by atoms with E-state index in [-0.39, 0.29) is 0 Å². The lowest BCUT2D eigenvalue weighted by molar-refractivity contribution is -0.139. The Morgan fingerprint density at radius 2 is 2.00 bits per heavy atom. The zero-order valence-corrected chi connectivity index (χ0v) is 10.2. The lowest BCUT2D eigenvalue weighted by atomic mass is 10.0. The molecular formula is C13H19NO2. The maximum absolute atomic E-state index is 10.6. The standard InChI is InChI=1S/C13H19NO2/c1-10(2)5-4-6-11(3)7-8-12(9-14)13(15)16/h5,7,12H,4,6,8H2,1-3H3,(H,15,16)/b11-7+. The molecule has 0 bridgehead atoms. The van der Waals surface area contributed by atoms with Crippen LogP contribution in [0.4, 0.5) is 0 Å². The van der Waals surface area contributed by atoms with Crippen LogP contribution in [0.15, 0.2) is 23.3 Å². The highest BCUT2D eigenvalue weighted by Gasteiger charge is 2.14. The third kappa shape index (κ3) is 6.83. The Hall–Kier alpha value is -1.56. The van der Waals surface area contributed by atoms with Crippen molar-refractivity contribution in [3.05, 3.63) is 23.3 Å². The molecule has 1 N–H and O–H groups in total. The fraction of sp³-hybridized carbons (Fsp3) is 0.538. The van der Waals surface area contributed by atoms with E-state index in [4.69, 9.17) is 10.4 Å². The van der Waals surface area contributed by atoms with Gasteiger partial charge in [0.15, 0.2) is 0 Å². The number of hydrogen-bond donors (Lipinski definition) is 1. The van der Waals surface area contributed by atoms with Crippen LogP contribution in [0, 0.1) is 17.2 Å². The molecule has 0 rings (SSSR count). The zero-order chi connectivity index (χ0) is 12.6. The van der Waals surface area contributed by atoms with E-state index in [1.807, 2.05) is 13.0 Å². The van der Waals surface area contributed by atoms with Gasteiger partial charge in [-0.3, -0.25) is 4.79 Å². The van der Waals surface area contributed by atoms with Crippen molar-refractivity contribution in [2.75, 3.05) is 0 Å². The summed E-state index contributed by atoms with van der Waals surface area (Å²) in [4.78, 5) is 10.6. The predicted molar refractivity (Wildman–Crippen MR) is 63.8 cm³/mol. The van der Waals surface area contributed by atoms with E-state index >= 15 is 0 Å². The van der Waals surface area contributed by atoms with Gasteiger partial charge in [-0.2, -0.15) is 5.26 Å². The SMILES string of the molecule is CC(C)=CCC/C(C)=C/CC(C#N)C(=O)O. The normalized spacial score (nSPS) is 12.8. The number of carboxylic acids is 1. The van der Waals surface area contributed by atoms with Gasteiger partial charge in [0.1, 0.15) is 5.92 Å². The van der Waals surface area contributed by atoms with Crippen LogP contribution in [-0.2, 0) is 4.79 Å². The predicted octanol–water partition coefficient (Wildman–Crippen LogP) is 3.29. The van der Waals surface area contributed by atoms with Crippen molar-refractivity contribution in [3.63, 3.8) is 0 Å². The molecule has 1 atom stereocenters. The Morgan fingerprint density at radius 3 is 2.44 bits per heavy atom. The van der Waals surface area contributed by atoms with E-state index in [0.717, 1.165) is 18.4 Å². The molecule has 0 aliphatic carbocycles. The number of carboxylic acid groups (broad SMARTS) is 1. The fourth-order valence-electron chi connectivity index (χ4n) is 1.22. The van der Waals surface area contributed by atoms with Crippen molar-refractivity contribution in [1.82, 2.24) is 0 Å². The number of carbonyl (C=O) groups is 1. The van der Waals surface area contributed by atoms with Crippen LogP contribution < -0.4 is 0 Å². The minimum Gasteiger partial charge on any atom is -0.480 e. The summed E-state index contributed by atoms with van der Waals surface area (Å²) in [5, 5.41) is 17.3. The summed E-state index contributed by atoms with van der Waals surface area (Å²) in [6.45, 7) is 6.07. The van der Waals surface area contributed by atoms with Gasteiger partial charge in [-0.25, -0.2) is 0 Å². The summed E-state index contributed by atoms with van der Waals surface area (Å²) < 4.78 is 0. The topological polar surface area (TPSA) is 61.1 Å². The van der Waals surface area contributed by atoms with E-state index in [1.165, 1.54) is 5.57 Å². The van der Waals surface area contributed by atoms with Gasteiger partial charge in [0.25, 0.3) is 0 Å². The molecular weight excluding hydrogens is 202 g/mol. The molecule has 88 valence electrons. The van der Waals surface area contributed by atoms with E-state index in [2.05, 4.69) is 19.9 Å². The molecule has 0 radical (unpaired) electrons. The van der Waals surface area contributed by atoms with Crippen molar-refractivity contribution < 1.29 is 9.90 Å². The second-order valence-corrected chi connectivity index (χ2v) is 4.13. The second-order valence-electron chi connectivity index (χ2n) is 4.13. The van der Waals surface area contributed by atoms with Gasteiger partial charge in [-0.15, -0.1) is 0 Å². The van der Waals surface area contributed by atoms with Gasteiger partial charge in [0.05, 0.1) is 6.07 Å². The highest BCUT2D eigenvalue weighted by atomic mass is 16.4. The average molecular weight is 221 g/mol. The molecule has 0 aromatic rings. The fourth-order valence-corrected chi connectivity index (χ4v) is 1.22. The van der Waals surface area contributed by atoms with E-state index in [0.29, 0.717) is 6.42 Å². The maximum atomic E-state index is 10.6. The summed E-state index contributed by atoms with van der Waals surface area (Å²) in [5.74, 6) is -1.96. The van der Waals surface area contributed by atoms with Gasteiger partial charge >= 0.3 is 5.97 Å². The third-order valence-electron chi connectivity index (χ3n) is 2.25. The molecule has 0 heterocycles. The molecule has 0 amide bonds. The first-order chi connectivity index (χ1) is 7.47. The number of nitriles is 1. The molecule has 0 saturated carbocycles. The van der Waals surface area contributed by atoms with Crippen LogP contribution in [0.1, 0.15) is 40.0 Å². The summed E-state index contributed by atoms with van der Waals surface area (Å²) in [7, 11) is 0. The Morgan fingerprint density at radius 1 is 1.38 bits per heavy atom. The monoisotopic (exact) mass is 221 g/mol. The first kappa shape index (κ1) is 14.4. The van der Waals surface area contributed by atoms with Crippen LogP contribution in [0.25, 0.3) is 0 Å². The molecule has 3 heteroatoms. The maximum Gasteiger partial charge on any atom is 0.321 e. The van der Waals surface area contributed by atoms with Crippen molar-refractivity contribution in [3.8, 4) is 6.07 Å². The summed E-state index contributed by atoms with van der Waals surface area (Å²) in [6.07, 6.45) is 6.18. The molecule has 1 unspecified atom stereocenters. The van der Waals surface area contributed by atoms with Gasteiger partial charge < -0.3 is 5.11 Å². The largest absolute Gasteiger partial charge is 0.480 e. The number of aliphatic carboxylic acids is 1. The van der Waals surface area contributed by atoms with E-state index < -0.39 is 11.9 Å². The van der Waals surface area contributed by atoms with Crippen LogP contribution in [-0.4, -0.2) is 11.1 Å². The van der Waals surface area contributed by atoms with Crippen molar-refractivity contribution in [2.24, 2.45) is 5.92 Å². The number of hydrogen-bond acceptors (Lipinski definition) is 2. The first-order valence-electron chi connectivity index (χ1n) is 5.38. The molecule has 0 fully saturated rings. The summed E-state index contributed by atoms with van der Waals surface area (Å²) in [6, 6.07) is 1.78. The number of allylic oxidation sites excluding steroid dienone is 4. The van der Waals surface area contributed by atoms with Crippen molar-refractivity contribution in [2.45, 2.75) is 40.0 Å². The Balaban J connectivity index is 4.09. The molecule has 0 aromatic carbocycles. The molecule has 3 nitrogen and oxygen atoms in total. The first-order valence-corrected chi connectivity index (χ1v) is 5.38. The lowest BCUT2D eigenvalue weighted by Crippen LogP contribution is -2.10. The molecule has 0 aromatic heterocycles. The van der Waals surface area contributed by atoms with Crippen LogP contribution >= 0.6 is 0 Å². The average Bonchev–Trinajstić information content (AvgIpc) is 2.17. The molecule has 0 spiro atoms. The van der Waals surface area contributed by atoms with Crippen LogP contribution in [0.5, 0.6) is 0 Å². The van der Waals surface area contributed by atoms with Gasteiger partial charge in [0, 0.05) is 0 Å². The quantitative estimate of drug-likeness (QED) is 0.700. The van der Waals surface area contributed by atoms with E-state index in [1.54, 1.807) is 6.07 Å². The molecule has 0 aliphatic rings. The second kappa shape index (κ2) is 7.70. The third-order valence-corrected chi connectivity index (χ3v) is 2.25. The Kier molecular flexibility index (Phi) is 6.95. The number of rotatable bonds is 6. The van der Waals surface area contributed by atoms with E-state index in [9.17, 15) is 4.79 Å². The zero-order valence-electron chi connectivity index (χ0n) is 10.2. The lowest BCUT2D eigenvalue weighted by Gasteiger charge is -2.01. The highest BCUT2D eigenvalue weighted by Crippen LogP contribution is 2.11. The summed E-state index contributed by atoms with van der Waals surface area (Å²) >= 11 is 0. The highest BCUT2D eigenvalue weighted by molar-refractivity contribution is 5.73. The van der Waals surface area contributed by atoms with Crippen LogP contribution in [0.3, 0.4) is 0 Å². The summed E-state index contributed by atoms with van der Waals surface area (Å²) in [5.41, 5.74) is 2.42. The van der Waals surface area contributed by atoms with Crippen molar-refractivity contribution >= 4 is 5.97 Å². The molecule has 0 saturated heterocycles. The molecule has 16 heavy (non-hydrogen) atoms.